The molecule has 0 unspecified atom stereocenters. The Morgan fingerprint density at radius 2 is 1.58 bits per heavy atom. The number of anilines is 2. The van der Waals surface area contributed by atoms with E-state index in [1.165, 1.54) is 6.92 Å². The average Bonchev–Trinajstić information content (AvgIpc) is 2.80. The van der Waals surface area contributed by atoms with Gasteiger partial charge in [-0.3, -0.25) is 19.3 Å². The molecule has 1 atom stereocenters. The number of hydrogen-bond donors (Lipinski definition) is 3. The Bertz CT molecular complexity index is 971. The Labute approximate surface area is 194 Å². The summed E-state index contributed by atoms with van der Waals surface area (Å²) in [7, 11) is 3.71. The van der Waals surface area contributed by atoms with E-state index in [-0.39, 0.29) is 11.9 Å². The molecule has 0 aliphatic carbocycles. The van der Waals surface area contributed by atoms with Crippen molar-refractivity contribution >= 4 is 29.1 Å². The number of amides is 3. The van der Waals surface area contributed by atoms with Crippen molar-refractivity contribution in [2.75, 3.05) is 57.5 Å². The van der Waals surface area contributed by atoms with Gasteiger partial charge in [-0.05, 0) is 42.9 Å². The van der Waals surface area contributed by atoms with Gasteiger partial charge in [0.2, 0.25) is 5.91 Å². The van der Waals surface area contributed by atoms with E-state index in [9.17, 15) is 14.4 Å². The molecule has 9 heteroatoms. The number of ether oxygens (including phenoxy) is 1. The molecule has 3 rings (SSSR count). The first-order valence-corrected chi connectivity index (χ1v) is 10.9. The number of nitrogens with one attached hydrogen (secondary N) is 3. The zero-order valence-corrected chi connectivity index (χ0v) is 19.3. The molecule has 1 heterocycles. The van der Waals surface area contributed by atoms with Gasteiger partial charge >= 0.3 is 11.8 Å². The summed E-state index contributed by atoms with van der Waals surface area (Å²) in [6, 6.07) is 14.3. The van der Waals surface area contributed by atoms with Gasteiger partial charge in [-0.25, -0.2) is 0 Å². The first kappa shape index (κ1) is 24.2. The molecule has 9 nitrogen and oxygen atoms in total. The summed E-state index contributed by atoms with van der Waals surface area (Å²) in [6.45, 7) is 5.31. The summed E-state index contributed by atoms with van der Waals surface area (Å²) in [5.74, 6) is -0.931. The Balaban J connectivity index is 1.64. The third kappa shape index (κ3) is 7.03. The number of carbonyl (C=O) groups excluding carboxylic acids is 3. The van der Waals surface area contributed by atoms with Gasteiger partial charge in [-0.15, -0.1) is 0 Å². The van der Waals surface area contributed by atoms with Crippen molar-refractivity contribution in [2.45, 2.75) is 13.0 Å². The highest BCUT2D eigenvalue weighted by Gasteiger charge is 2.25. The minimum Gasteiger partial charge on any atom is -0.497 e. The molecule has 176 valence electrons. The molecule has 1 aliphatic rings. The summed E-state index contributed by atoms with van der Waals surface area (Å²) in [5, 5.41) is 8.00. The lowest BCUT2D eigenvalue weighted by atomic mass is 10.0. The maximum atomic E-state index is 12.5. The van der Waals surface area contributed by atoms with Gasteiger partial charge in [0.1, 0.15) is 5.75 Å². The third-order valence-corrected chi connectivity index (χ3v) is 5.58. The zero-order valence-electron chi connectivity index (χ0n) is 19.3. The molecule has 0 saturated carbocycles. The van der Waals surface area contributed by atoms with Gasteiger partial charge in [-0.1, -0.05) is 18.2 Å². The van der Waals surface area contributed by atoms with Crippen LogP contribution < -0.4 is 20.7 Å². The molecule has 0 aromatic heterocycles. The second kappa shape index (κ2) is 11.4. The molecular weight excluding hydrogens is 422 g/mol. The van der Waals surface area contributed by atoms with E-state index >= 15 is 0 Å². The molecule has 0 bridgehead atoms. The van der Waals surface area contributed by atoms with E-state index in [0.29, 0.717) is 17.9 Å². The van der Waals surface area contributed by atoms with Crippen molar-refractivity contribution in [1.29, 1.82) is 0 Å². The molecular formula is C24H31N5O4. The molecule has 3 amide bonds. The van der Waals surface area contributed by atoms with Gasteiger partial charge in [0.15, 0.2) is 0 Å². The van der Waals surface area contributed by atoms with Crippen molar-refractivity contribution in [3.63, 3.8) is 0 Å². The quantitative estimate of drug-likeness (QED) is 0.552. The minimum absolute atomic E-state index is 0.0653. The van der Waals surface area contributed by atoms with Gasteiger partial charge < -0.3 is 25.6 Å². The largest absolute Gasteiger partial charge is 0.497 e. The first-order valence-electron chi connectivity index (χ1n) is 10.9. The number of piperazine rings is 1. The van der Waals surface area contributed by atoms with E-state index in [4.69, 9.17) is 4.74 Å². The molecule has 1 fully saturated rings. The summed E-state index contributed by atoms with van der Waals surface area (Å²) >= 11 is 0. The van der Waals surface area contributed by atoms with Gasteiger partial charge in [0.05, 0.1) is 13.2 Å². The number of carbonyl (C=O) groups is 3. The number of hydrogen-bond acceptors (Lipinski definition) is 6. The third-order valence-electron chi connectivity index (χ3n) is 5.58. The highest BCUT2D eigenvalue weighted by atomic mass is 16.5. The van der Waals surface area contributed by atoms with Crippen molar-refractivity contribution in [3.8, 4) is 5.75 Å². The van der Waals surface area contributed by atoms with Crippen LogP contribution in [-0.2, 0) is 14.4 Å². The normalized spacial score (nSPS) is 15.4. The van der Waals surface area contributed by atoms with Crippen molar-refractivity contribution in [2.24, 2.45) is 0 Å². The maximum absolute atomic E-state index is 12.5. The fourth-order valence-corrected chi connectivity index (χ4v) is 3.75. The second-order valence-electron chi connectivity index (χ2n) is 8.05. The number of rotatable bonds is 7. The Morgan fingerprint density at radius 3 is 2.18 bits per heavy atom. The smallest absolute Gasteiger partial charge is 0.313 e. The van der Waals surface area contributed by atoms with E-state index in [2.05, 4.69) is 32.8 Å². The minimum atomic E-state index is -0.762. The van der Waals surface area contributed by atoms with Gasteiger partial charge in [0, 0.05) is 51.0 Å². The molecule has 0 radical (unpaired) electrons. The van der Waals surface area contributed by atoms with Crippen molar-refractivity contribution in [1.82, 2.24) is 15.1 Å². The average molecular weight is 454 g/mol. The summed E-state index contributed by atoms with van der Waals surface area (Å²) in [6.07, 6.45) is 0. The molecule has 2 aromatic rings. The second-order valence-corrected chi connectivity index (χ2v) is 8.05. The fourth-order valence-electron chi connectivity index (χ4n) is 3.75. The summed E-state index contributed by atoms with van der Waals surface area (Å²) in [4.78, 5) is 40.8. The van der Waals surface area contributed by atoms with Crippen LogP contribution in [0.3, 0.4) is 0 Å². The van der Waals surface area contributed by atoms with Crippen LogP contribution in [-0.4, -0.2) is 74.4 Å². The molecule has 3 N–H and O–H groups in total. The van der Waals surface area contributed by atoms with Crippen LogP contribution in [0.4, 0.5) is 11.4 Å². The molecule has 2 aromatic carbocycles. The standard InChI is InChI=1S/C24H31N5O4/c1-17(30)26-19-5-4-6-20(15-19)27-24(32)23(31)25-16-22(29-13-11-28(2)12-14-29)18-7-9-21(33-3)10-8-18/h4-10,15,22H,11-14,16H2,1-3H3,(H,25,31)(H,26,30)(H,27,32)/t22-/m0/s1. The summed E-state index contributed by atoms with van der Waals surface area (Å²) in [5.41, 5.74) is 2.01. The highest BCUT2D eigenvalue weighted by molar-refractivity contribution is 6.39. The highest BCUT2D eigenvalue weighted by Crippen LogP contribution is 2.24. The molecule has 1 saturated heterocycles. The Kier molecular flexibility index (Phi) is 8.39. The van der Waals surface area contributed by atoms with Crippen LogP contribution in [0.5, 0.6) is 5.75 Å². The van der Waals surface area contributed by atoms with Crippen LogP contribution in [0, 0.1) is 0 Å². The zero-order chi connectivity index (χ0) is 23.8. The van der Waals surface area contributed by atoms with Gasteiger partial charge in [0.25, 0.3) is 0 Å². The predicted octanol–water partition coefficient (Wildman–Crippen LogP) is 1.70. The first-order chi connectivity index (χ1) is 15.9. The maximum Gasteiger partial charge on any atom is 0.313 e. The van der Waals surface area contributed by atoms with Crippen LogP contribution in [0.25, 0.3) is 0 Å². The fraction of sp³-hybridized carbons (Fsp3) is 0.375. The lowest BCUT2D eigenvalue weighted by Gasteiger charge is -2.38. The number of benzene rings is 2. The summed E-state index contributed by atoms with van der Waals surface area (Å²) < 4.78 is 5.26. The van der Waals surface area contributed by atoms with Gasteiger partial charge in [-0.2, -0.15) is 0 Å². The monoisotopic (exact) mass is 453 g/mol. The van der Waals surface area contributed by atoms with Crippen LogP contribution in [0.2, 0.25) is 0 Å². The van der Waals surface area contributed by atoms with Crippen LogP contribution >= 0.6 is 0 Å². The predicted molar refractivity (Wildman–Crippen MR) is 127 cm³/mol. The Hall–Kier alpha value is -3.43. The number of nitrogens with zero attached hydrogens (tertiary/aromatic N) is 2. The lowest BCUT2D eigenvalue weighted by molar-refractivity contribution is -0.136. The van der Waals surface area contributed by atoms with E-state index in [1.807, 2.05) is 24.3 Å². The van der Waals surface area contributed by atoms with Crippen LogP contribution in [0.1, 0.15) is 18.5 Å². The Morgan fingerprint density at radius 1 is 0.939 bits per heavy atom. The van der Waals surface area contributed by atoms with E-state index in [0.717, 1.165) is 37.5 Å². The number of methoxy groups -OCH3 is 1. The van der Waals surface area contributed by atoms with Crippen molar-refractivity contribution in [3.05, 3.63) is 54.1 Å². The van der Waals surface area contributed by atoms with E-state index < -0.39 is 11.8 Å². The SMILES string of the molecule is COc1ccc([C@H](CNC(=O)C(=O)Nc2cccc(NC(C)=O)c2)N2CCN(C)CC2)cc1. The topological polar surface area (TPSA) is 103 Å². The molecule has 1 aliphatic heterocycles. The molecule has 33 heavy (non-hydrogen) atoms. The van der Waals surface area contributed by atoms with Crippen molar-refractivity contribution < 1.29 is 19.1 Å². The molecule has 0 spiro atoms. The number of likely N-dealkylation sites (N-methyl/N-ethyl adjacent to an activating group) is 1. The lowest BCUT2D eigenvalue weighted by Crippen LogP contribution is -2.49. The van der Waals surface area contributed by atoms with E-state index in [1.54, 1.807) is 31.4 Å². The van der Waals surface area contributed by atoms with Crippen LogP contribution in [0.15, 0.2) is 48.5 Å².